The second kappa shape index (κ2) is 9.71. The van der Waals surface area contributed by atoms with Gasteiger partial charge in [-0.05, 0) is 39.0 Å². The maximum absolute atomic E-state index is 10.3. The number of rotatable bonds is 9. The second-order valence-corrected chi connectivity index (χ2v) is 7.10. The lowest BCUT2D eigenvalue weighted by Gasteiger charge is -2.28. The van der Waals surface area contributed by atoms with Gasteiger partial charge in [0.1, 0.15) is 24.7 Å². The van der Waals surface area contributed by atoms with Crippen molar-refractivity contribution < 1.29 is 14.4 Å². The molecule has 0 saturated carbocycles. The van der Waals surface area contributed by atoms with E-state index in [0.717, 1.165) is 36.6 Å². The zero-order chi connectivity index (χ0) is 18.2. The lowest BCUT2D eigenvalue weighted by atomic mass is 10.1. The van der Waals surface area contributed by atoms with Crippen LogP contribution in [0.15, 0.2) is 41.1 Å². The molecule has 26 heavy (non-hydrogen) atoms. The highest BCUT2D eigenvalue weighted by atomic mass is 16.5. The minimum absolute atomic E-state index is 0.320. The number of benzene rings is 1. The Morgan fingerprint density at radius 2 is 2.00 bits per heavy atom. The average Bonchev–Trinajstić information content (AvgIpc) is 3.14. The first kappa shape index (κ1) is 18.9. The van der Waals surface area contributed by atoms with Crippen molar-refractivity contribution in [1.29, 1.82) is 0 Å². The van der Waals surface area contributed by atoms with Crippen molar-refractivity contribution in [3.63, 3.8) is 0 Å². The third-order valence-electron chi connectivity index (χ3n) is 4.68. The summed E-state index contributed by atoms with van der Waals surface area (Å²) < 4.78 is 10.8. The highest BCUT2D eigenvalue weighted by molar-refractivity contribution is 5.33. The minimum atomic E-state index is -0.464. The molecule has 2 aromatic rings. The first-order valence-electron chi connectivity index (χ1n) is 9.39. The topological polar surface area (TPSA) is 62.0 Å². The quantitative estimate of drug-likeness (QED) is 0.742. The number of likely N-dealkylation sites (tertiary alicyclic amines) is 1. The first-order chi connectivity index (χ1) is 12.7. The molecule has 0 amide bonds. The van der Waals surface area contributed by atoms with Crippen LogP contribution in [0.4, 0.5) is 0 Å². The lowest BCUT2D eigenvalue weighted by Crippen LogP contribution is -2.38. The molecule has 1 N–H and O–H groups in total. The SMILES string of the molecule is CN(Cc1ccon1)Cc1ccccc1OC[C@H](O)CN1CCCCC1. The summed E-state index contributed by atoms with van der Waals surface area (Å²) >= 11 is 0. The van der Waals surface area contributed by atoms with Crippen molar-refractivity contribution in [3.8, 4) is 5.75 Å². The molecular formula is C20H29N3O3. The molecule has 0 spiro atoms. The van der Waals surface area contributed by atoms with Crippen molar-refractivity contribution >= 4 is 0 Å². The van der Waals surface area contributed by atoms with Gasteiger partial charge in [0.25, 0.3) is 0 Å². The van der Waals surface area contributed by atoms with Crippen LogP contribution >= 0.6 is 0 Å². The van der Waals surface area contributed by atoms with Gasteiger partial charge in [0.05, 0.1) is 5.69 Å². The van der Waals surface area contributed by atoms with E-state index in [1.165, 1.54) is 19.3 Å². The van der Waals surface area contributed by atoms with Gasteiger partial charge in [-0.25, -0.2) is 0 Å². The average molecular weight is 359 g/mol. The first-order valence-corrected chi connectivity index (χ1v) is 9.39. The third kappa shape index (κ3) is 5.83. The molecule has 1 atom stereocenters. The number of β-amino-alcohol motifs (C(OH)–C–C–N with tert-alkyl or cyclic N) is 1. The van der Waals surface area contributed by atoms with Crippen molar-refractivity contribution in [1.82, 2.24) is 15.0 Å². The lowest BCUT2D eigenvalue weighted by molar-refractivity contribution is 0.0612. The molecule has 1 aromatic carbocycles. The maximum atomic E-state index is 10.3. The fourth-order valence-electron chi connectivity index (χ4n) is 3.40. The summed E-state index contributed by atoms with van der Waals surface area (Å²) in [6.07, 6.45) is 4.89. The standard InChI is InChI=1S/C20H29N3O3/c1-22(14-18-9-12-26-21-18)13-17-7-3-4-8-20(17)25-16-19(24)15-23-10-5-2-6-11-23/h3-4,7-9,12,19,24H,2,5-6,10-11,13-16H2,1H3/t19-/m1/s1. The Balaban J connectivity index is 1.49. The van der Waals surface area contributed by atoms with Gasteiger partial charge >= 0.3 is 0 Å². The van der Waals surface area contributed by atoms with Gasteiger partial charge in [-0.1, -0.05) is 29.8 Å². The molecule has 0 bridgehead atoms. The number of para-hydroxylation sites is 1. The Bertz CT molecular complexity index is 642. The molecule has 1 aliphatic heterocycles. The zero-order valence-corrected chi connectivity index (χ0v) is 15.5. The van der Waals surface area contributed by atoms with Crippen LogP contribution in [0.5, 0.6) is 5.75 Å². The van der Waals surface area contributed by atoms with E-state index in [-0.39, 0.29) is 0 Å². The van der Waals surface area contributed by atoms with Gasteiger partial charge in [-0.15, -0.1) is 0 Å². The van der Waals surface area contributed by atoms with Crippen LogP contribution in [-0.2, 0) is 13.1 Å². The highest BCUT2D eigenvalue weighted by Crippen LogP contribution is 2.20. The molecule has 1 saturated heterocycles. The number of hydrogen-bond acceptors (Lipinski definition) is 6. The van der Waals surface area contributed by atoms with Gasteiger partial charge in [0.2, 0.25) is 0 Å². The molecular weight excluding hydrogens is 330 g/mol. The van der Waals surface area contributed by atoms with Crippen LogP contribution in [0, 0.1) is 0 Å². The van der Waals surface area contributed by atoms with E-state index in [1.807, 2.05) is 31.3 Å². The number of aromatic nitrogens is 1. The van der Waals surface area contributed by atoms with E-state index < -0.39 is 6.10 Å². The van der Waals surface area contributed by atoms with Gasteiger partial charge < -0.3 is 19.3 Å². The Morgan fingerprint density at radius 3 is 2.77 bits per heavy atom. The summed E-state index contributed by atoms with van der Waals surface area (Å²) in [5, 5.41) is 14.3. The summed E-state index contributed by atoms with van der Waals surface area (Å²) in [4.78, 5) is 4.49. The summed E-state index contributed by atoms with van der Waals surface area (Å²) in [5.74, 6) is 0.831. The highest BCUT2D eigenvalue weighted by Gasteiger charge is 2.16. The summed E-state index contributed by atoms with van der Waals surface area (Å²) in [6, 6.07) is 9.87. The van der Waals surface area contributed by atoms with E-state index in [4.69, 9.17) is 9.26 Å². The van der Waals surface area contributed by atoms with Crippen LogP contribution in [0.1, 0.15) is 30.5 Å². The summed E-state index contributed by atoms with van der Waals surface area (Å²) in [5.41, 5.74) is 2.01. The van der Waals surface area contributed by atoms with Crippen molar-refractivity contribution in [2.45, 2.75) is 38.5 Å². The number of nitrogens with zero attached hydrogens (tertiary/aromatic N) is 3. The molecule has 0 aliphatic carbocycles. The van der Waals surface area contributed by atoms with Gasteiger partial charge in [0.15, 0.2) is 0 Å². The van der Waals surface area contributed by atoms with Crippen LogP contribution < -0.4 is 4.74 Å². The molecule has 2 heterocycles. The fourth-order valence-corrected chi connectivity index (χ4v) is 3.40. The van der Waals surface area contributed by atoms with Crippen molar-refractivity contribution in [2.75, 3.05) is 33.3 Å². The molecule has 0 radical (unpaired) electrons. The zero-order valence-electron chi connectivity index (χ0n) is 15.5. The van der Waals surface area contributed by atoms with Gasteiger partial charge in [-0.2, -0.15) is 0 Å². The van der Waals surface area contributed by atoms with Crippen LogP contribution in [0.25, 0.3) is 0 Å². The van der Waals surface area contributed by atoms with E-state index in [1.54, 1.807) is 6.26 Å². The van der Waals surface area contributed by atoms with E-state index in [2.05, 4.69) is 21.0 Å². The molecule has 1 aliphatic rings. The van der Waals surface area contributed by atoms with Crippen molar-refractivity contribution in [3.05, 3.63) is 47.9 Å². The number of aliphatic hydroxyl groups excluding tert-OH is 1. The predicted molar refractivity (Wildman–Crippen MR) is 99.9 cm³/mol. The maximum Gasteiger partial charge on any atom is 0.124 e. The van der Waals surface area contributed by atoms with E-state index >= 15 is 0 Å². The molecule has 1 aromatic heterocycles. The van der Waals surface area contributed by atoms with E-state index in [9.17, 15) is 5.11 Å². The molecule has 1 fully saturated rings. The summed E-state index contributed by atoms with van der Waals surface area (Å²) in [7, 11) is 2.04. The van der Waals surface area contributed by atoms with Crippen LogP contribution in [-0.4, -0.2) is 59.5 Å². The van der Waals surface area contributed by atoms with Crippen LogP contribution in [0.3, 0.4) is 0 Å². The molecule has 3 rings (SSSR count). The number of ether oxygens (including phenoxy) is 1. The monoisotopic (exact) mass is 359 g/mol. The Labute approximate surface area is 155 Å². The Morgan fingerprint density at radius 1 is 1.19 bits per heavy atom. The predicted octanol–water partition coefficient (Wildman–Crippen LogP) is 2.53. The Hall–Kier alpha value is -1.89. The minimum Gasteiger partial charge on any atom is -0.491 e. The molecule has 0 unspecified atom stereocenters. The normalized spacial score (nSPS) is 16.7. The van der Waals surface area contributed by atoms with E-state index in [0.29, 0.717) is 19.7 Å². The van der Waals surface area contributed by atoms with Crippen LogP contribution in [0.2, 0.25) is 0 Å². The molecule has 142 valence electrons. The van der Waals surface area contributed by atoms with Gasteiger partial charge in [0, 0.05) is 31.3 Å². The largest absolute Gasteiger partial charge is 0.491 e. The number of hydrogen-bond donors (Lipinski definition) is 1. The summed E-state index contributed by atoms with van der Waals surface area (Å²) in [6.45, 7) is 4.63. The van der Waals surface area contributed by atoms with Crippen molar-refractivity contribution in [2.24, 2.45) is 0 Å². The number of piperidine rings is 1. The molecule has 6 heteroatoms. The Kier molecular flexibility index (Phi) is 7.05. The molecule has 6 nitrogen and oxygen atoms in total. The third-order valence-corrected chi connectivity index (χ3v) is 4.68. The van der Waals surface area contributed by atoms with Gasteiger partial charge in [-0.3, -0.25) is 4.90 Å². The fraction of sp³-hybridized carbons (Fsp3) is 0.550. The smallest absolute Gasteiger partial charge is 0.124 e. The number of aliphatic hydroxyl groups is 1. The second-order valence-electron chi connectivity index (χ2n) is 7.10.